The van der Waals surface area contributed by atoms with Crippen LogP contribution in [0.15, 0.2) is 18.2 Å². The first-order valence-corrected chi connectivity index (χ1v) is 5.80. The predicted octanol–water partition coefficient (Wildman–Crippen LogP) is 2.85. The SMILES string of the molecule is [CH2]C(CO)c1cc(CCCC)cc([N+](=O)[O-])c1. The van der Waals surface area contributed by atoms with Crippen molar-refractivity contribution in [1.29, 1.82) is 0 Å². The fourth-order valence-corrected chi connectivity index (χ4v) is 1.67. The zero-order valence-electron chi connectivity index (χ0n) is 10.1. The Labute approximate surface area is 101 Å². The fraction of sp³-hybridized carbons (Fsp3) is 0.462. The highest BCUT2D eigenvalue weighted by molar-refractivity contribution is 5.41. The molecule has 4 nitrogen and oxygen atoms in total. The highest BCUT2D eigenvalue weighted by Gasteiger charge is 2.13. The van der Waals surface area contributed by atoms with Crippen LogP contribution in [-0.4, -0.2) is 16.6 Å². The number of nitro benzene ring substituents is 1. The predicted molar refractivity (Wildman–Crippen MR) is 66.9 cm³/mol. The smallest absolute Gasteiger partial charge is 0.269 e. The van der Waals surface area contributed by atoms with Crippen molar-refractivity contribution in [3.63, 3.8) is 0 Å². The van der Waals surface area contributed by atoms with Crippen molar-refractivity contribution in [3.05, 3.63) is 46.4 Å². The molecule has 0 fully saturated rings. The van der Waals surface area contributed by atoms with Gasteiger partial charge in [0, 0.05) is 24.7 Å². The Balaban J connectivity index is 3.05. The van der Waals surface area contributed by atoms with Gasteiger partial charge >= 0.3 is 0 Å². The summed E-state index contributed by atoms with van der Waals surface area (Å²) in [4.78, 5) is 10.4. The monoisotopic (exact) mass is 236 g/mol. The molecule has 1 aromatic rings. The minimum absolute atomic E-state index is 0.0794. The molecule has 0 saturated heterocycles. The topological polar surface area (TPSA) is 63.4 Å². The molecule has 0 saturated carbocycles. The first-order valence-electron chi connectivity index (χ1n) is 5.80. The maximum absolute atomic E-state index is 10.8. The van der Waals surface area contributed by atoms with Crippen molar-refractivity contribution in [1.82, 2.24) is 0 Å². The van der Waals surface area contributed by atoms with E-state index in [1.165, 1.54) is 6.07 Å². The van der Waals surface area contributed by atoms with Gasteiger partial charge < -0.3 is 5.11 Å². The van der Waals surface area contributed by atoms with Crippen LogP contribution in [0.1, 0.15) is 36.8 Å². The standard InChI is InChI=1S/C13H18NO3/c1-3-4-5-11-6-12(10(2)9-15)8-13(7-11)14(16)17/h6-8,10,15H,2-5,9H2,1H3. The molecule has 1 atom stereocenters. The van der Waals surface area contributed by atoms with Gasteiger partial charge in [-0.05, 0) is 30.9 Å². The number of aliphatic hydroxyl groups excluding tert-OH is 1. The van der Waals surface area contributed by atoms with Gasteiger partial charge in [0.2, 0.25) is 0 Å². The highest BCUT2D eigenvalue weighted by atomic mass is 16.6. The molecule has 0 spiro atoms. The Kier molecular flexibility index (Phi) is 5.10. The number of aryl methyl sites for hydroxylation is 1. The van der Waals surface area contributed by atoms with Crippen LogP contribution in [-0.2, 0) is 6.42 Å². The Morgan fingerprint density at radius 3 is 2.71 bits per heavy atom. The summed E-state index contributed by atoms with van der Waals surface area (Å²) in [5.41, 5.74) is 1.75. The summed E-state index contributed by atoms with van der Waals surface area (Å²) in [7, 11) is 0. The second-order valence-corrected chi connectivity index (χ2v) is 4.17. The zero-order valence-corrected chi connectivity index (χ0v) is 10.1. The van der Waals surface area contributed by atoms with Crippen molar-refractivity contribution in [2.75, 3.05) is 6.61 Å². The molecule has 4 heteroatoms. The van der Waals surface area contributed by atoms with Gasteiger partial charge in [-0.3, -0.25) is 10.1 Å². The van der Waals surface area contributed by atoms with Gasteiger partial charge in [-0.1, -0.05) is 19.4 Å². The fourth-order valence-electron chi connectivity index (χ4n) is 1.67. The summed E-state index contributed by atoms with van der Waals surface area (Å²) in [5.74, 6) is -0.310. The van der Waals surface area contributed by atoms with E-state index in [9.17, 15) is 10.1 Å². The number of nitrogens with zero attached hydrogens (tertiary/aromatic N) is 1. The van der Waals surface area contributed by atoms with Gasteiger partial charge in [-0.15, -0.1) is 0 Å². The number of hydrogen-bond donors (Lipinski definition) is 1. The maximum atomic E-state index is 10.8. The number of nitro groups is 1. The van der Waals surface area contributed by atoms with Crippen LogP contribution in [0.5, 0.6) is 0 Å². The van der Waals surface area contributed by atoms with Gasteiger partial charge in [0.15, 0.2) is 0 Å². The van der Waals surface area contributed by atoms with Gasteiger partial charge in [0.1, 0.15) is 0 Å². The third-order valence-electron chi connectivity index (χ3n) is 2.72. The largest absolute Gasteiger partial charge is 0.396 e. The number of hydrogen-bond acceptors (Lipinski definition) is 3. The lowest BCUT2D eigenvalue weighted by Crippen LogP contribution is -2.02. The molecule has 1 N–H and O–H groups in total. The van der Waals surface area contributed by atoms with Crippen LogP contribution in [0.3, 0.4) is 0 Å². The van der Waals surface area contributed by atoms with Crippen molar-refractivity contribution in [2.24, 2.45) is 0 Å². The van der Waals surface area contributed by atoms with E-state index < -0.39 is 4.92 Å². The summed E-state index contributed by atoms with van der Waals surface area (Å²) in [6, 6.07) is 4.99. The zero-order chi connectivity index (χ0) is 12.8. The molecular weight excluding hydrogens is 218 g/mol. The lowest BCUT2D eigenvalue weighted by Gasteiger charge is -2.10. The Morgan fingerprint density at radius 1 is 1.47 bits per heavy atom. The molecule has 0 heterocycles. The van der Waals surface area contributed by atoms with Crippen molar-refractivity contribution in [2.45, 2.75) is 32.1 Å². The van der Waals surface area contributed by atoms with Crippen LogP contribution in [0.25, 0.3) is 0 Å². The van der Waals surface area contributed by atoms with Crippen LogP contribution in [0.2, 0.25) is 0 Å². The van der Waals surface area contributed by atoms with Gasteiger partial charge in [-0.25, -0.2) is 0 Å². The molecule has 0 aromatic heterocycles. The summed E-state index contributed by atoms with van der Waals surface area (Å²) < 4.78 is 0. The Hall–Kier alpha value is -1.42. The number of aliphatic hydroxyl groups is 1. The van der Waals surface area contributed by atoms with Crippen LogP contribution >= 0.6 is 0 Å². The molecule has 1 aromatic carbocycles. The van der Waals surface area contributed by atoms with Crippen molar-refractivity contribution in [3.8, 4) is 0 Å². The van der Waals surface area contributed by atoms with E-state index in [-0.39, 0.29) is 18.2 Å². The van der Waals surface area contributed by atoms with E-state index in [1.807, 2.05) is 6.07 Å². The lowest BCUT2D eigenvalue weighted by atomic mass is 9.97. The first kappa shape index (κ1) is 13.6. The second kappa shape index (κ2) is 6.35. The molecule has 17 heavy (non-hydrogen) atoms. The quantitative estimate of drug-likeness (QED) is 0.610. The van der Waals surface area contributed by atoms with E-state index in [0.717, 1.165) is 30.4 Å². The minimum Gasteiger partial charge on any atom is -0.396 e. The van der Waals surface area contributed by atoms with E-state index in [1.54, 1.807) is 6.07 Å². The second-order valence-electron chi connectivity index (χ2n) is 4.17. The average molecular weight is 236 g/mol. The molecule has 1 rings (SSSR count). The van der Waals surface area contributed by atoms with E-state index in [0.29, 0.717) is 0 Å². The van der Waals surface area contributed by atoms with E-state index >= 15 is 0 Å². The van der Waals surface area contributed by atoms with Gasteiger partial charge in [-0.2, -0.15) is 0 Å². The molecule has 0 aliphatic carbocycles. The minimum atomic E-state index is -0.400. The van der Waals surface area contributed by atoms with E-state index in [2.05, 4.69) is 13.8 Å². The summed E-state index contributed by atoms with van der Waals surface area (Å²) in [5, 5.41) is 19.9. The van der Waals surface area contributed by atoms with Crippen molar-refractivity contribution >= 4 is 5.69 Å². The number of non-ortho nitro benzene ring substituents is 1. The van der Waals surface area contributed by atoms with Crippen molar-refractivity contribution < 1.29 is 10.0 Å². The molecule has 1 radical (unpaired) electrons. The maximum Gasteiger partial charge on any atom is 0.269 e. The molecular formula is C13H18NO3. The summed E-state index contributed by atoms with van der Waals surface area (Å²) >= 11 is 0. The lowest BCUT2D eigenvalue weighted by molar-refractivity contribution is -0.385. The Bertz CT molecular complexity index is 390. The molecule has 0 aliphatic heterocycles. The molecule has 0 aliphatic rings. The third kappa shape index (κ3) is 3.82. The highest BCUT2D eigenvalue weighted by Crippen LogP contribution is 2.23. The van der Waals surface area contributed by atoms with Crippen LogP contribution in [0, 0.1) is 17.0 Å². The number of rotatable bonds is 6. The van der Waals surface area contributed by atoms with E-state index in [4.69, 9.17) is 5.11 Å². The summed E-state index contributed by atoms with van der Waals surface area (Å²) in [6.45, 7) is 5.75. The summed E-state index contributed by atoms with van der Waals surface area (Å²) in [6.07, 6.45) is 2.87. The van der Waals surface area contributed by atoms with Gasteiger partial charge in [0.25, 0.3) is 5.69 Å². The number of unbranched alkanes of at least 4 members (excludes halogenated alkanes) is 1. The molecule has 93 valence electrons. The third-order valence-corrected chi connectivity index (χ3v) is 2.72. The molecule has 0 amide bonds. The molecule has 0 bridgehead atoms. The first-order chi connectivity index (χ1) is 8.08. The average Bonchev–Trinajstić information content (AvgIpc) is 2.34. The molecule has 1 unspecified atom stereocenters. The van der Waals surface area contributed by atoms with Crippen LogP contribution in [0.4, 0.5) is 5.69 Å². The number of benzene rings is 1. The van der Waals surface area contributed by atoms with Gasteiger partial charge in [0.05, 0.1) is 4.92 Å². The normalized spacial score (nSPS) is 12.4. The van der Waals surface area contributed by atoms with Crippen LogP contribution < -0.4 is 0 Å². The Morgan fingerprint density at radius 2 is 2.18 bits per heavy atom.